The number of thioether (sulfide) groups is 1. The summed E-state index contributed by atoms with van der Waals surface area (Å²) in [6.45, 7) is 6.52. The molecule has 2 rings (SSSR count). The normalized spacial score (nSPS) is 16.6. The number of hydrogen-bond donors (Lipinski definition) is 2. The number of piperidine rings is 1. The number of halogens is 1. The van der Waals surface area contributed by atoms with Crippen LogP contribution in [0.25, 0.3) is 0 Å². The van der Waals surface area contributed by atoms with Crippen molar-refractivity contribution in [2.45, 2.75) is 38.0 Å². The quantitative estimate of drug-likeness (QED) is 0.762. The number of carbonyl (C=O) groups excluding carboxylic acids is 1. The van der Waals surface area contributed by atoms with Gasteiger partial charge in [-0.15, -0.1) is 24.2 Å². The van der Waals surface area contributed by atoms with E-state index in [2.05, 4.69) is 36.6 Å². The van der Waals surface area contributed by atoms with Crippen molar-refractivity contribution >= 4 is 35.8 Å². The van der Waals surface area contributed by atoms with Crippen molar-refractivity contribution < 1.29 is 4.79 Å². The zero-order valence-corrected chi connectivity index (χ0v) is 15.1. The van der Waals surface area contributed by atoms with E-state index < -0.39 is 0 Å². The van der Waals surface area contributed by atoms with Crippen molar-refractivity contribution in [3.63, 3.8) is 0 Å². The fraction of sp³-hybridized carbons (Fsp3) is 0.588. The summed E-state index contributed by atoms with van der Waals surface area (Å²) in [4.78, 5) is 13.4. The molecule has 1 fully saturated rings. The maximum atomic E-state index is 12.2. The zero-order chi connectivity index (χ0) is 15.1. The summed E-state index contributed by atoms with van der Waals surface area (Å²) < 4.78 is 0. The van der Waals surface area contributed by atoms with E-state index in [1.807, 2.05) is 12.1 Å². The maximum absolute atomic E-state index is 12.2. The first-order chi connectivity index (χ1) is 10.2. The first-order valence-corrected chi connectivity index (χ1v) is 8.91. The summed E-state index contributed by atoms with van der Waals surface area (Å²) in [5.41, 5.74) is 0.913. The Labute approximate surface area is 144 Å². The Hall–Kier alpha value is -0.710. The van der Waals surface area contributed by atoms with Gasteiger partial charge in [-0.2, -0.15) is 0 Å². The van der Waals surface area contributed by atoms with E-state index >= 15 is 0 Å². The molecule has 3 nitrogen and oxygen atoms in total. The van der Waals surface area contributed by atoms with Gasteiger partial charge in [0, 0.05) is 17.0 Å². The van der Waals surface area contributed by atoms with E-state index in [-0.39, 0.29) is 18.3 Å². The van der Waals surface area contributed by atoms with Crippen LogP contribution in [0.2, 0.25) is 0 Å². The van der Waals surface area contributed by atoms with Gasteiger partial charge >= 0.3 is 0 Å². The molecule has 0 bridgehead atoms. The lowest BCUT2D eigenvalue weighted by Crippen LogP contribution is -2.32. The van der Waals surface area contributed by atoms with Crippen LogP contribution in [0.4, 0.5) is 5.69 Å². The minimum atomic E-state index is 0. The Morgan fingerprint density at radius 3 is 2.82 bits per heavy atom. The smallest absolute Gasteiger partial charge is 0.224 e. The van der Waals surface area contributed by atoms with Gasteiger partial charge in [0.15, 0.2) is 0 Å². The molecule has 124 valence electrons. The van der Waals surface area contributed by atoms with Crippen LogP contribution in [0.3, 0.4) is 0 Å². The third-order valence-corrected chi connectivity index (χ3v) is 5.00. The maximum Gasteiger partial charge on any atom is 0.224 e. The molecule has 0 radical (unpaired) electrons. The van der Waals surface area contributed by atoms with Crippen LogP contribution < -0.4 is 10.6 Å². The topological polar surface area (TPSA) is 41.1 Å². The van der Waals surface area contributed by atoms with Crippen LogP contribution >= 0.6 is 24.2 Å². The number of nitrogens with one attached hydrogen (secondary N) is 2. The molecular formula is C17H27ClN2OS. The van der Waals surface area contributed by atoms with Crippen molar-refractivity contribution in [3.8, 4) is 0 Å². The average molecular weight is 343 g/mol. The van der Waals surface area contributed by atoms with Gasteiger partial charge in [0.05, 0.1) is 0 Å². The molecule has 1 aromatic rings. The van der Waals surface area contributed by atoms with E-state index in [1.165, 1.54) is 17.7 Å². The minimum absolute atomic E-state index is 0. The first kappa shape index (κ1) is 19.3. The molecule has 2 N–H and O–H groups in total. The van der Waals surface area contributed by atoms with Gasteiger partial charge in [0.25, 0.3) is 0 Å². The van der Waals surface area contributed by atoms with E-state index in [0.717, 1.165) is 24.5 Å². The molecule has 1 atom stereocenters. The average Bonchev–Trinajstić information content (AvgIpc) is 2.48. The highest BCUT2D eigenvalue weighted by molar-refractivity contribution is 7.99. The summed E-state index contributed by atoms with van der Waals surface area (Å²) in [5, 5.41) is 6.42. The highest BCUT2D eigenvalue weighted by Gasteiger charge is 2.21. The van der Waals surface area contributed by atoms with E-state index in [4.69, 9.17) is 0 Å². The van der Waals surface area contributed by atoms with Gasteiger partial charge in [-0.25, -0.2) is 0 Å². The van der Waals surface area contributed by atoms with Gasteiger partial charge in [0.1, 0.15) is 0 Å². The van der Waals surface area contributed by atoms with Gasteiger partial charge in [-0.3, -0.25) is 4.79 Å². The molecule has 0 spiro atoms. The molecule has 1 aromatic carbocycles. The highest BCUT2D eigenvalue weighted by Crippen LogP contribution is 2.25. The number of carbonyl (C=O) groups is 1. The van der Waals surface area contributed by atoms with Crippen LogP contribution in [0.5, 0.6) is 0 Å². The summed E-state index contributed by atoms with van der Waals surface area (Å²) >= 11 is 1.79. The zero-order valence-electron chi connectivity index (χ0n) is 13.4. The first-order valence-electron chi connectivity index (χ1n) is 7.92. The minimum Gasteiger partial charge on any atom is -0.326 e. The largest absolute Gasteiger partial charge is 0.326 e. The lowest BCUT2D eigenvalue weighted by Gasteiger charge is -2.27. The Bertz CT molecular complexity index is 464. The standard InChI is InChI=1S/C17H26N2OS.ClH/c1-3-21-16-6-4-5-15(12-16)19-17(20)11-13(2)14-7-9-18-10-8-14;/h4-6,12-14,18H,3,7-11H2,1-2H3,(H,19,20);1H. The van der Waals surface area contributed by atoms with Crippen molar-refractivity contribution in [3.05, 3.63) is 24.3 Å². The second-order valence-corrected chi connectivity index (χ2v) is 7.12. The summed E-state index contributed by atoms with van der Waals surface area (Å²) in [6.07, 6.45) is 3.00. The van der Waals surface area contributed by atoms with Crippen LogP contribution in [0.1, 0.15) is 33.1 Å². The summed E-state index contributed by atoms with van der Waals surface area (Å²) in [7, 11) is 0. The van der Waals surface area contributed by atoms with Gasteiger partial charge in [-0.05, 0) is 61.7 Å². The van der Waals surface area contributed by atoms with Gasteiger partial charge < -0.3 is 10.6 Å². The van der Waals surface area contributed by atoms with Gasteiger partial charge in [-0.1, -0.05) is 19.9 Å². The van der Waals surface area contributed by atoms with Gasteiger partial charge in [0.2, 0.25) is 5.91 Å². The van der Waals surface area contributed by atoms with Crippen LogP contribution in [0.15, 0.2) is 29.2 Å². The second kappa shape index (κ2) is 10.1. The number of benzene rings is 1. The highest BCUT2D eigenvalue weighted by atomic mass is 35.5. The molecule has 0 aliphatic carbocycles. The molecule has 1 heterocycles. The van der Waals surface area contributed by atoms with Crippen molar-refractivity contribution in [1.82, 2.24) is 5.32 Å². The van der Waals surface area contributed by atoms with Crippen LogP contribution in [-0.2, 0) is 4.79 Å². The third-order valence-electron chi connectivity index (χ3n) is 4.12. The second-order valence-electron chi connectivity index (χ2n) is 5.78. The lowest BCUT2D eigenvalue weighted by atomic mass is 9.84. The molecule has 1 amide bonds. The van der Waals surface area contributed by atoms with Crippen molar-refractivity contribution in [2.24, 2.45) is 11.8 Å². The Morgan fingerprint density at radius 2 is 2.14 bits per heavy atom. The molecule has 1 unspecified atom stereocenters. The molecular weight excluding hydrogens is 316 g/mol. The monoisotopic (exact) mass is 342 g/mol. The Morgan fingerprint density at radius 1 is 1.41 bits per heavy atom. The molecule has 0 aromatic heterocycles. The van der Waals surface area contributed by atoms with Crippen molar-refractivity contribution in [2.75, 3.05) is 24.2 Å². The third kappa shape index (κ3) is 6.19. The SMILES string of the molecule is CCSc1cccc(NC(=O)CC(C)C2CCNCC2)c1.Cl. The molecule has 1 aliphatic heterocycles. The van der Waals surface area contributed by atoms with Crippen molar-refractivity contribution in [1.29, 1.82) is 0 Å². The van der Waals surface area contributed by atoms with E-state index in [9.17, 15) is 4.79 Å². The van der Waals surface area contributed by atoms with Crippen LogP contribution in [-0.4, -0.2) is 24.7 Å². The molecule has 1 aliphatic rings. The number of hydrogen-bond acceptors (Lipinski definition) is 3. The molecule has 0 saturated carbocycles. The molecule has 22 heavy (non-hydrogen) atoms. The lowest BCUT2D eigenvalue weighted by molar-refractivity contribution is -0.117. The fourth-order valence-corrected chi connectivity index (χ4v) is 3.63. The van der Waals surface area contributed by atoms with E-state index in [0.29, 0.717) is 18.3 Å². The van der Waals surface area contributed by atoms with Crippen LogP contribution in [0, 0.1) is 11.8 Å². The summed E-state index contributed by atoms with van der Waals surface area (Å²) in [5.74, 6) is 2.32. The number of rotatable bonds is 6. The molecule has 1 saturated heterocycles. The Balaban J connectivity index is 0.00000242. The fourth-order valence-electron chi connectivity index (χ4n) is 2.91. The predicted octanol–water partition coefficient (Wildman–Crippen LogP) is 4.18. The molecule has 5 heteroatoms. The summed E-state index contributed by atoms with van der Waals surface area (Å²) in [6, 6.07) is 8.11. The predicted molar refractivity (Wildman–Crippen MR) is 98.1 cm³/mol. The number of amides is 1. The van der Waals surface area contributed by atoms with E-state index in [1.54, 1.807) is 11.8 Å². The number of anilines is 1. The Kier molecular flexibility index (Phi) is 8.91.